The van der Waals surface area contributed by atoms with Gasteiger partial charge in [0, 0.05) is 24.0 Å². The molecule has 0 unspecified atom stereocenters. The first kappa shape index (κ1) is 24.7. The predicted molar refractivity (Wildman–Crippen MR) is 131 cm³/mol. The molecule has 0 radical (unpaired) electrons. The molecule has 0 amide bonds. The molecule has 1 saturated heterocycles. The van der Waals surface area contributed by atoms with Gasteiger partial charge in [-0.25, -0.2) is 4.39 Å². The van der Waals surface area contributed by atoms with Crippen LogP contribution in [-0.4, -0.2) is 49.7 Å². The van der Waals surface area contributed by atoms with Crippen molar-refractivity contribution in [3.05, 3.63) is 53.1 Å². The SMILES string of the molecule is Cc1nnc(N[C@H](C)c2cccc(C(F)(F)C3(O)CC3)c2F)c2cc(N3CCC(C)(O)CC3)cnc12. The largest absolute Gasteiger partial charge is 0.390 e. The summed E-state index contributed by atoms with van der Waals surface area (Å²) in [7, 11) is 0. The van der Waals surface area contributed by atoms with Gasteiger partial charge in [0.2, 0.25) is 0 Å². The van der Waals surface area contributed by atoms with Gasteiger partial charge in [0.1, 0.15) is 11.4 Å². The van der Waals surface area contributed by atoms with Gasteiger partial charge in [-0.3, -0.25) is 4.98 Å². The lowest BCUT2D eigenvalue weighted by Crippen LogP contribution is -2.42. The number of anilines is 2. The summed E-state index contributed by atoms with van der Waals surface area (Å²) in [4.78, 5) is 6.72. The van der Waals surface area contributed by atoms with Gasteiger partial charge in [0.25, 0.3) is 0 Å². The van der Waals surface area contributed by atoms with E-state index in [1.54, 1.807) is 20.0 Å². The van der Waals surface area contributed by atoms with Crippen LogP contribution in [0.1, 0.15) is 62.4 Å². The summed E-state index contributed by atoms with van der Waals surface area (Å²) in [5.41, 5.74) is -1.52. The highest BCUT2D eigenvalue weighted by Crippen LogP contribution is 2.54. The number of aliphatic hydroxyl groups is 2. The van der Waals surface area contributed by atoms with E-state index in [-0.39, 0.29) is 18.4 Å². The van der Waals surface area contributed by atoms with Crippen LogP contribution in [0.4, 0.5) is 24.7 Å². The summed E-state index contributed by atoms with van der Waals surface area (Å²) in [5, 5.41) is 32.5. The van der Waals surface area contributed by atoms with Gasteiger partial charge in [-0.2, -0.15) is 13.9 Å². The van der Waals surface area contributed by atoms with Crippen LogP contribution in [0.15, 0.2) is 30.5 Å². The summed E-state index contributed by atoms with van der Waals surface area (Å²) < 4.78 is 45.0. The average molecular weight is 502 g/mol. The number of halogens is 3. The number of rotatable bonds is 6. The Morgan fingerprint density at radius 1 is 1.11 bits per heavy atom. The number of fused-ring (bicyclic) bond motifs is 1. The second kappa shape index (κ2) is 8.55. The molecule has 3 N–H and O–H groups in total. The maximum absolute atomic E-state index is 15.3. The Morgan fingerprint density at radius 3 is 2.47 bits per heavy atom. The Kier molecular flexibility index (Phi) is 5.87. The lowest BCUT2D eigenvalue weighted by Gasteiger charge is -2.37. The number of benzene rings is 1. The highest BCUT2D eigenvalue weighted by molar-refractivity contribution is 5.92. The van der Waals surface area contributed by atoms with Crippen molar-refractivity contribution in [2.24, 2.45) is 0 Å². The zero-order chi connectivity index (χ0) is 25.9. The fourth-order valence-electron chi connectivity index (χ4n) is 4.77. The first-order chi connectivity index (χ1) is 16.9. The number of aromatic nitrogens is 3. The third-order valence-corrected chi connectivity index (χ3v) is 7.47. The van der Waals surface area contributed by atoms with Crippen molar-refractivity contribution in [3.8, 4) is 0 Å². The summed E-state index contributed by atoms with van der Waals surface area (Å²) in [6.45, 7) is 6.63. The average Bonchev–Trinajstić information content (AvgIpc) is 3.60. The highest BCUT2D eigenvalue weighted by atomic mass is 19.3. The van der Waals surface area contributed by atoms with Crippen molar-refractivity contribution < 1.29 is 23.4 Å². The molecule has 2 aromatic heterocycles. The van der Waals surface area contributed by atoms with Crippen LogP contribution in [-0.2, 0) is 5.92 Å². The Balaban J connectivity index is 1.46. The number of hydrogen-bond donors (Lipinski definition) is 3. The minimum Gasteiger partial charge on any atom is -0.390 e. The Bertz CT molecular complexity index is 1300. The standard InChI is InChI=1S/C26H30F3N5O2/c1-15(18-5-4-6-20(21(18)27)26(28,29)25(36)7-8-25)31-23-19-13-17(14-30-22(19)16(2)32-33-23)34-11-9-24(3,35)10-12-34/h4-6,13-15,35-36H,7-12H2,1-3H3,(H,31,33)/t15-/m1/s1. The van der Waals surface area contributed by atoms with Gasteiger partial charge in [0.05, 0.1) is 40.3 Å². The second-order valence-corrected chi connectivity index (χ2v) is 10.4. The van der Waals surface area contributed by atoms with Crippen molar-refractivity contribution in [1.82, 2.24) is 15.2 Å². The first-order valence-corrected chi connectivity index (χ1v) is 12.2. The number of hydrogen-bond acceptors (Lipinski definition) is 7. The zero-order valence-corrected chi connectivity index (χ0v) is 20.5. The number of aryl methyl sites for hydroxylation is 1. The van der Waals surface area contributed by atoms with E-state index in [2.05, 4.69) is 25.4 Å². The van der Waals surface area contributed by atoms with E-state index in [0.717, 1.165) is 11.8 Å². The molecule has 2 fully saturated rings. The van der Waals surface area contributed by atoms with Gasteiger partial charge in [-0.15, -0.1) is 5.10 Å². The molecule has 1 aliphatic heterocycles. The number of alkyl halides is 2. The predicted octanol–water partition coefficient (Wildman–Crippen LogP) is 4.61. The van der Waals surface area contributed by atoms with Crippen LogP contribution < -0.4 is 10.2 Å². The Hall–Kier alpha value is -2.98. The van der Waals surface area contributed by atoms with Gasteiger partial charge >= 0.3 is 5.92 Å². The third-order valence-electron chi connectivity index (χ3n) is 7.47. The van der Waals surface area contributed by atoms with Crippen LogP contribution in [0.2, 0.25) is 0 Å². The maximum Gasteiger partial charge on any atom is 0.304 e. The molecule has 1 aromatic carbocycles. The lowest BCUT2D eigenvalue weighted by molar-refractivity contribution is -0.134. The van der Waals surface area contributed by atoms with Gasteiger partial charge in [-0.05, 0) is 58.6 Å². The summed E-state index contributed by atoms with van der Waals surface area (Å²) in [5.74, 6) is -4.37. The first-order valence-electron chi connectivity index (χ1n) is 12.2. The minimum atomic E-state index is -3.68. The molecule has 1 saturated carbocycles. The molecule has 0 bridgehead atoms. The monoisotopic (exact) mass is 501 g/mol. The maximum atomic E-state index is 15.3. The van der Waals surface area contributed by atoms with Crippen molar-refractivity contribution in [2.45, 2.75) is 69.6 Å². The highest BCUT2D eigenvalue weighted by Gasteiger charge is 2.63. The van der Waals surface area contributed by atoms with Crippen LogP contribution >= 0.6 is 0 Å². The van der Waals surface area contributed by atoms with Crippen LogP contribution in [0.3, 0.4) is 0 Å². The van der Waals surface area contributed by atoms with Gasteiger partial charge in [0.15, 0.2) is 5.82 Å². The van der Waals surface area contributed by atoms with Crippen molar-refractivity contribution in [1.29, 1.82) is 0 Å². The Morgan fingerprint density at radius 2 is 1.81 bits per heavy atom. The van der Waals surface area contributed by atoms with Crippen molar-refractivity contribution >= 4 is 22.4 Å². The van der Waals surface area contributed by atoms with Crippen LogP contribution in [0, 0.1) is 12.7 Å². The van der Waals surface area contributed by atoms with E-state index >= 15 is 4.39 Å². The summed E-state index contributed by atoms with van der Waals surface area (Å²) >= 11 is 0. The molecule has 5 rings (SSSR count). The van der Waals surface area contributed by atoms with E-state index in [4.69, 9.17) is 0 Å². The fraction of sp³-hybridized carbons (Fsp3) is 0.500. The quantitative estimate of drug-likeness (QED) is 0.454. The van der Waals surface area contributed by atoms with Crippen molar-refractivity contribution in [3.63, 3.8) is 0 Å². The van der Waals surface area contributed by atoms with Gasteiger partial charge < -0.3 is 20.4 Å². The third kappa shape index (κ3) is 4.26. The zero-order valence-electron chi connectivity index (χ0n) is 20.5. The molecular formula is C26H30F3N5O2. The Labute approximate surface area is 207 Å². The molecule has 10 heteroatoms. The second-order valence-electron chi connectivity index (χ2n) is 10.4. The minimum absolute atomic E-state index is 0.0364. The molecule has 2 aliphatic rings. The van der Waals surface area contributed by atoms with E-state index in [1.165, 1.54) is 12.1 Å². The topological polar surface area (TPSA) is 94.4 Å². The van der Waals surface area contributed by atoms with E-state index in [0.29, 0.717) is 48.3 Å². The molecule has 0 spiro atoms. The molecule has 1 atom stereocenters. The number of nitrogens with zero attached hydrogens (tertiary/aromatic N) is 4. The molecule has 1 aliphatic carbocycles. The summed E-state index contributed by atoms with van der Waals surface area (Å²) in [6.07, 6.45) is 2.91. The normalized spacial score (nSPS) is 19.8. The van der Waals surface area contributed by atoms with E-state index < -0.39 is 34.5 Å². The van der Waals surface area contributed by atoms with E-state index in [9.17, 15) is 19.0 Å². The summed E-state index contributed by atoms with van der Waals surface area (Å²) in [6, 6.07) is 5.05. The number of pyridine rings is 1. The number of piperidine rings is 1. The molecule has 192 valence electrons. The molecular weight excluding hydrogens is 471 g/mol. The molecule has 36 heavy (non-hydrogen) atoms. The number of nitrogens with one attached hydrogen (secondary N) is 1. The fourth-order valence-corrected chi connectivity index (χ4v) is 4.77. The lowest BCUT2D eigenvalue weighted by atomic mass is 9.93. The van der Waals surface area contributed by atoms with Gasteiger partial charge in [-0.1, -0.05) is 12.1 Å². The molecule has 3 heterocycles. The smallest absolute Gasteiger partial charge is 0.304 e. The van der Waals surface area contributed by atoms with Crippen LogP contribution in [0.25, 0.3) is 10.9 Å². The van der Waals surface area contributed by atoms with Crippen LogP contribution in [0.5, 0.6) is 0 Å². The van der Waals surface area contributed by atoms with E-state index in [1.807, 2.05) is 13.0 Å². The molecule has 3 aromatic rings. The van der Waals surface area contributed by atoms with Crippen molar-refractivity contribution in [2.75, 3.05) is 23.3 Å². The molecule has 7 nitrogen and oxygen atoms in total.